The van der Waals surface area contributed by atoms with E-state index in [1.165, 1.54) is 12.8 Å². The second-order valence-electron chi connectivity index (χ2n) is 3.28. The third-order valence-electron chi connectivity index (χ3n) is 2.58. The molecular formula is C8H13NO2. The maximum atomic E-state index is 11.2. The Labute approximate surface area is 66.1 Å². The van der Waals surface area contributed by atoms with Crippen molar-refractivity contribution in [2.45, 2.75) is 31.8 Å². The first-order chi connectivity index (χ1) is 5.38. The smallest absolute Gasteiger partial charge is 0.227 e. The average molecular weight is 155 g/mol. The topological polar surface area (TPSA) is 38.3 Å². The fourth-order valence-corrected chi connectivity index (χ4v) is 1.95. The zero-order valence-corrected chi connectivity index (χ0v) is 6.51. The summed E-state index contributed by atoms with van der Waals surface area (Å²) < 4.78 is 5.42. The van der Waals surface area contributed by atoms with Crippen LogP contribution < -0.4 is 5.32 Å². The van der Waals surface area contributed by atoms with Gasteiger partial charge in [0.25, 0.3) is 0 Å². The van der Waals surface area contributed by atoms with Crippen LogP contribution in [0.1, 0.15) is 25.7 Å². The van der Waals surface area contributed by atoms with Crippen molar-refractivity contribution in [2.24, 2.45) is 5.92 Å². The summed E-state index contributed by atoms with van der Waals surface area (Å²) in [5, 5.41) is 2.72. The molecule has 3 nitrogen and oxygen atoms in total. The summed E-state index contributed by atoms with van der Waals surface area (Å²) in [5.41, 5.74) is 0. The molecule has 0 aromatic rings. The largest absolute Gasteiger partial charge is 0.357 e. The first kappa shape index (κ1) is 7.10. The van der Waals surface area contributed by atoms with Gasteiger partial charge < -0.3 is 10.1 Å². The number of rotatable bonds is 0. The summed E-state index contributed by atoms with van der Waals surface area (Å²) in [6.45, 7) is 0.417. The Morgan fingerprint density at radius 2 is 2.18 bits per heavy atom. The first-order valence-electron chi connectivity index (χ1n) is 4.27. The maximum Gasteiger partial charge on any atom is 0.227 e. The van der Waals surface area contributed by atoms with Gasteiger partial charge in [-0.2, -0.15) is 0 Å². The fourth-order valence-electron chi connectivity index (χ4n) is 1.95. The number of carbonyl (C=O) groups excluding carboxylic acids is 1. The molecule has 1 aliphatic carbocycles. The van der Waals surface area contributed by atoms with Crippen molar-refractivity contribution in [1.82, 2.24) is 5.32 Å². The Kier molecular flexibility index (Phi) is 1.82. The number of amides is 1. The van der Waals surface area contributed by atoms with Crippen LogP contribution in [0, 0.1) is 5.92 Å². The summed E-state index contributed by atoms with van der Waals surface area (Å²) in [6.07, 6.45) is 4.69. The lowest BCUT2D eigenvalue weighted by atomic mass is 9.85. The molecule has 62 valence electrons. The van der Waals surface area contributed by atoms with Crippen LogP contribution in [0.15, 0.2) is 0 Å². The number of nitrogens with one attached hydrogen (secondary N) is 1. The van der Waals surface area contributed by atoms with E-state index in [9.17, 15) is 4.79 Å². The van der Waals surface area contributed by atoms with Crippen LogP contribution in [-0.2, 0) is 9.53 Å². The summed E-state index contributed by atoms with van der Waals surface area (Å²) >= 11 is 0. The SMILES string of the molecule is O=C1NCO[C@H]2CCCC[C@@H]12. The maximum absolute atomic E-state index is 11.2. The van der Waals surface area contributed by atoms with Gasteiger partial charge in [0, 0.05) is 0 Å². The summed E-state index contributed by atoms with van der Waals surface area (Å²) in [7, 11) is 0. The molecule has 1 amide bonds. The molecule has 3 heteroatoms. The van der Waals surface area contributed by atoms with E-state index < -0.39 is 0 Å². The first-order valence-corrected chi connectivity index (χ1v) is 4.27. The fraction of sp³-hybridized carbons (Fsp3) is 0.875. The molecule has 1 saturated carbocycles. The number of hydrogen-bond acceptors (Lipinski definition) is 2. The van der Waals surface area contributed by atoms with E-state index in [1.807, 2.05) is 0 Å². The van der Waals surface area contributed by atoms with Gasteiger partial charge in [0.05, 0.1) is 12.0 Å². The average Bonchev–Trinajstić information content (AvgIpc) is 2.06. The van der Waals surface area contributed by atoms with Crippen molar-refractivity contribution in [2.75, 3.05) is 6.73 Å². The quantitative estimate of drug-likeness (QED) is 0.557. The standard InChI is InChI=1S/C8H13NO2/c10-8-6-3-1-2-4-7(6)11-5-9-8/h6-7H,1-5H2,(H,9,10)/t6-,7+/m1/s1. The summed E-state index contributed by atoms with van der Waals surface area (Å²) in [4.78, 5) is 11.2. The van der Waals surface area contributed by atoms with E-state index in [1.54, 1.807) is 0 Å². The van der Waals surface area contributed by atoms with Crippen LogP contribution >= 0.6 is 0 Å². The van der Waals surface area contributed by atoms with Gasteiger partial charge >= 0.3 is 0 Å². The molecule has 0 spiro atoms. The highest BCUT2D eigenvalue weighted by Crippen LogP contribution is 2.28. The third-order valence-corrected chi connectivity index (χ3v) is 2.58. The predicted octanol–water partition coefficient (Wildman–Crippen LogP) is 0.649. The molecule has 0 aromatic heterocycles. The third kappa shape index (κ3) is 1.25. The van der Waals surface area contributed by atoms with Gasteiger partial charge in [0.1, 0.15) is 6.73 Å². The lowest BCUT2D eigenvalue weighted by molar-refractivity contribution is -0.145. The van der Waals surface area contributed by atoms with E-state index in [0.29, 0.717) is 6.73 Å². The van der Waals surface area contributed by atoms with E-state index >= 15 is 0 Å². The van der Waals surface area contributed by atoms with Gasteiger partial charge in [-0.05, 0) is 12.8 Å². The van der Waals surface area contributed by atoms with Gasteiger partial charge in [-0.3, -0.25) is 4.79 Å². The highest BCUT2D eigenvalue weighted by molar-refractivity contribution is 5.79. The van der Waals surface area contributed by atoms with Gasteiger partial charge in [0.2, 0.25) is 5.91 Å². The zero-order valence-electron chi connectivity index (χ0n) is 6.51. The molecule has 0 aromatic carbocycles. The van der Waals surface area contributed by atoms with Crippen molar-refractivity contribution in [3.05, 3.63) is 0 Å². The lowest BCUT2D eigenvalue weighted by Crippen LogP contribution is -2.47. The Bertz CT molecular complexity index is 167. The molecule has 2 rings (SSSR count). The highest BCUT2D eigenvalue weighted by Gasteiger charge is 2.34. The molecule has 1 saturated heterocycles. The Hall–Kier alpha value is -0.570. The second-order valence-corrected chi connectivity index (χ2v) is 3.28. The van der Waals surface area contributed by atoms with Crippen molar-refractivity contribution < 1.29 is 9.53 Å². The lowest BCUT2D eigenvalue weighted by Gasteiger charge is -2.34. The number of ether oxygens (including phenoxy) is 1. The van der Waals surface area contributed by atoms with Crippen LogP contribution in [0.2, 0.25) is 0 Å². The molecule has 0 radical (unpaired) electrons. The minimum Gasteiger partial charge on any atom is -0.357 e. The Balaban J connectivity index is 2.05. The molecular weight excluding hydrogens is 142 g/mol. The predicted molar refractivity (Wildman–Crippen MR) is 39.8 cm³/mol. The minimum absolute atomic E-state index is 0.150. The van der Waals surface area contributed by atoms with Crippen molar-refractivity contribution in [1.29, 1.82) is 0 Å². The molecule has 1 aliphatic heterocycles. The van der Waals surface area contributed by atoms with Crippen molar-refractivity contribution >= 4 is 5.91 Å². The van der Waals surface area contributed by atoms with E-state index in [0.717, 1.165) is 12.8 Å². The molecule has 0 bridgehead atoms. The molecule has 1 heterocycles. The van der Waals surface area contributed by atoms with Crippen molar-refractivity contribution in [3.8, 4) is 0 Å². The van der Waals surface area contributed by atoms with E-state index in [2.05, 4.69) is 5.32 Å². The van der Waals surface area contributed by atoms with Gasteiger partial charge in [-0.1, -0.05) is 12.8 Å². The molecule has 2 atom stereocenters. The normalized spacial score (nSPS) is 37.6. The van der Waals surface area contributed by atoms with Gasteiger partial charge in [-0.25, -0.2) is 0 Å². The van der Waals surface area contributed by atoms with Gasteiger partial charge in [0.15, 0.2) is 0 Å². The summed E-state index contributed by atoms with van der Waals surface area (Å²) in [6, 6.07) is 0. The zero-order chi connectivity index (χ0) is 7.68. The number of fused-ring (bicyclic) bond motifs is 1. The second kappa shape index (κ2) is 2.81. The minimum atomic E-state index is 0.150. The molecule has 2 aliphatic rings. The highest BCUT2D eigenvalue weighted by atomic mass is 16.5. The summed E-state index contributed by atoms with van der Waals surface area (Å²) in [5.74, 6) is 0.346. The van der Waals surface area contributed by atoms with Crippen molar-refractivity contribution in [3.63, 3.8) is 0 Å². The number of hydrogen-bond donors (Lipinski definition) is 1. The van der Waals surface area contributed by atoms with Crippen LogP contribution in [0.25, 0.3) is 0 Å². The Morgan fingerprint density at radius 1 is 1.36 bits per heavy atom. The Morgan fingerprint density at radius 3 is 3.00 bits per heavy atom. The molecule has 2 fully saturated rings. The van der Waals surface area contributed by atoms with Gasteiger partial charge in [-0.15, -0.1) is 0 Å². The number of carbonyl (C=O) groups is 1. The van der Waals surface area contributed by atoms with Crippen LogP contribution in [-0.4, -0.2) is 18.7 Å². The molecule has 0 unspecified atom stereocenters. The van der Waals surface area contributed by atoms with Crippen LogP contribution in [0.5, 0.6) is 0 Å². The van der Waals surface area contributed by atoms with E-state index in [4.69, 9.17) is 4.74 Å². The monoisotopic (exact) mass is 155 g/mol. The molecule has 11 heavy (non-hydrogen) atoms. The molecule has 1 N–H and O–H groups in total. The van der Waals surface area contributed by atoms with Crippen LogP contribution in [0.3, 0.4) is 0 Å². The van der Waals surface area contributed by atoms with Crippen LogP contribution in [0.4, 0.5) is 0 Å². The van der Waals surface area contributed by atoms with E-state index in [-0.39, 0.29) is 17.9 Å².